The Bertz CT molecular complexity index is 1110. The number of nitrogens with zero attached hydrogens (tertiary/aromatic N) is 1. The highest BCUT2D eigenvalue weighted by Gasteiger charge is 2.24. The number of piperidine rings is 1. The van der Waals surface area contributed by atoms with Gasteiger partial charge in [0.2, 0.25) is 11.8 Å². The molecule has 7 heteroatoms. The first-order valence-electron chi connectivity index (χ1n) is 10.9. The Balaban J connectivity index is 1.24. The van der Waals surface area contributed by atoms with Crippen molar-refractivity contribution in [2.45, 2.75) is 25.3 Å². The van der Waals surface area contributed by atoms with E-state index in [1.54, 1.807) is 4.90 Å². The van der Waals surface area contributed by atoms with Crippen molar-refractivity contribution < 1.29 is 18.4 Å². The summed E-state index contributed by atoms with van der Waals surface area (Å²) < 4.78 is 27.2. The van der Waals surface area contributed by atoms with E-state index in [4.69, 9.17) is 0 Å². The molecule has 0 unspecified atom stereocenters. The van der Waals surface area contributed by atoms with Crippen molar-refractivity contribution in [3.63, 3.8) is 0 Å². The summed E-state index contributed by atoms with van der Waals surface area (Å²) in [6.45, 7) is 0.902. The van der Waals surface area contributed by atoms with Crippen LogP contribution in [-0.2, 0) is 9.59 Å². The number of amides is 2. The van der Waals surface area contributed by atoms with Crippen LogP contribution in [0.3, 0.4) is 0 Å². The molecule has 3 aromatic rings. The molecule has 2 amide bonds. The number of carbonyl (C=O) groups excluding carboxylic acids is 2. The summed E-state index contributed by atoms with van der Waals surface area (Å²) in [6, 6.07) is 20.6. The van der Waals surface area contributed by atoms with Gasteiger partial charge >= 0.3 is 0 Å². The first-order valence-corrected chi connectivity index (χ1v) is 10.9. The SMILES string of the molecule is O=C(CC(=O)N1CCC(Nc2cc(F)ccc2F)CC1)Nc1ccc(-c2ccccc2)cc1. The van der Waals surface area contributed by atoms with Crippen LogP contribution in [0.2, 0.25) is 0 Å². The number of benzene rings is 3. The largest absolute Gasteiger partial charge is 0.380 e. The lowest BCUT2D eigenvalue weighted by Crippen LogP contribution is -2.43. The van der Waals surface area contributed by atoms with Gasteiger partial charge in [-0.05, 0) is 54.3 Å². The third kappa shape index (κ3) is 5.94. The summed E-state index contributed by atoms with van der Waals surface area (Å²) in [5, 5.41) is 5.77. The van der Waals surface area contributed by atoms with Crippen LogP contribution in [0.15, 0.2) is 72.8 Å². The van der Waals surface area contributed by atoms with Crippen molar-refractivity contribution in [1.29, 1.82) is 0 Å². The van der Waals surface area contributed by atoms with E-state index >= 15 is 0 Å². The molecule has 0 radical (unpaired) electrons. The average Bonchev–Trinajstić information content (AvgIpc) is 2.83. The van der Waals surface area contributed by atoms with Crippen molar-refractivity contribution >= 4 is 23.2 Å². The second-order valence-electron chi connectivity index (χ2n) is 8.09. The predicted molar refractivity (Wildman–Crippen MR) is 125 cm³/mol. The lowest BCUT2D eigenvalue weighted by molar-refractivity contribution is -0.135. The monoisotopic (exact) mass is 449 g/mol. The van der Waals surface area contributed by atoms with Crippen LogP contribution in [0.5, 0.6) is 0 Å². The van der Waals surface area contributed by atoms with E-state index in [1.807, 2.05) is 54.6 Å². The molecule has 33 heavy (non-hydrogen) atoms. The van der Waals surface area contributed by atoms with Gasteiger partial charge in [0.1, 0.15) is 18.1 Å². The van der Waals surface area contributed by atoms with Crippen molar-refractivity contribution in [1.82, 2.24) is 4.90 Å². The van der Waals surface area contributed by atoms with E-state index in [0.29, 0.717) is 31.6 Å². The number of hydrogen-bond acceptors (Lipinski definition) is 3. The molecule has 170 valence electrons. The van der Waals surface area contributed by atoms with Crippen LogP contribution in [-0.4, -0.2) is 35.8 Å². The molecular weight excluding hydrogens is 424 g/mol. The lowest BCUT2D eigenvalue weighted by atomic mass is 10.0. The number of hydrogen-bond donors (Lipinski definition) is 2. The van der Waals surface area contributed by atoms with Crippen LogP contribution in [0.1, 0.15) is 19.3 Å². The first kappa shape index (κ1) is 22.5. The fourth-order valence-electron chi connectivity index (χ4n) is 3.93. The van der Waals surface area contributed by atoms with Gasteiger partial charge in [0.05, 0.1) is 5.69 Å². The molecule has 1 heterocycles. The normalized spacial score (nSPS) is 14.1. The first-order chi connectivity index (χ1) is 16.0. The van der Waals surface area contributed by atoms with Crippen LogP contribution in [0.25, 0.3) is 11.1 Å². The van der Waals surface area contributed by atoms with E-state index < -0.39 is 11.6 Å². The molecule has 0 spiro atoms. The van der Waals surface area contributed by atoms with Crippen molar-refractivity contribution in [3.05, 3.63) is 84.4 Å². The molecule has 1 aliphatic rings. The number of rotatable bonds is 6. The number of likely N-dealkylation sites (tertiary alicyclic amines) is 1. The molecule has 2 N–H and O–H groups in total. The van der Waals surface area contributed by atoms with E-state index in [0.717, 1.165) is 29.3 Å². The Morgan fingerprint density at radius 3 is 2.24 bits per heavy atom. The fraction of sp³-hybridized carbons (Fsp3) is 0.231. The van der Waals surface area contributed by atoms with Gasteiger partial charge in [-0.25, -0.2) is 8.78 Å². The number of carbonyl (C=O) groups is 2. The van der Waals surface area contributed by atoms with Crippen molar-refractivity contribution in [3.8, 4) is 11.1 Å². The van der Waals surface area contributed by atoms with Crippen LogP contribution in [0, 0.1) is 11.6 Å². The molecule has 0 aliphatic carbocycles. The minimum absolute atomic E-state index is 0.0673. The smallest absolute Gasteiger partial charge is 0.233 e. The second-order valence-corrected chi connectivity index (χ2v) is 8.09. The Hall–Kier alpha value is -3.74. The molecule has 1 fully saturated rings. The van der Waals surface area contributed by atoms with Crippen LogP contribution < -0.4 is 10.6 Å². The molecule has 4 rings (SSSR count). The quantitative estimate of drug-likeness (QED) is 0.517. The van der Waals surface area contributed by atoms with Gasteiger partial charge in [0.25, 0.3) is 0 Å². The van der Waals surface area contributed by atoms with Gasteiger partial charge in [-0.2, -0.15) is 0 Å². The molecule has 0 saturated carbocycles. The van der Waals surface area contributed by atoms with Gasteiger partial charge in [-0.1, -0.05) is 42.5 Å². The summed E-state index contributed by atoms with van der Waals surface area (Å²) in [5.74, 6) is -1.63. The number of halogens is 2. The predicted octanol–water partition coefficient (Wildman–Crippen LogP) is 5.06. The Labute approximate surface area is 191 Å². The summed E-state index contributed by atoms with van der Waals surface area (Å²) in [7, 11) is 0. The van der Waals surface area contributed by atoms with E-state index in [2.05, 4.69) is 10.6 Å². The molecule has 0 bridgehead atoms. The third-order valence-electron chi connectivity index (χ3n) is 5.72. The Morgan fingerprint density at radius 2 is 1.55 bits per heavy atom. The zero-order valence-corrected chi connectivity index (χ0v) is 18.1. The average molecular weight is 450 g/mol. The van der Waals surface area contributed by atoms with Crippen LogP contribution in [0.4, 0.5) is 20.2 Å². The maximum atomic E-state index is 13.8. The summed E-state index contributed by atoms with van der Waals surface area (Å²) in [4.78, 5) is 26.5. The second kappa shape index (κ2) is 10.3. The zero-order chi connectivity index (χ0) is 23.2. The Morgan fingerprint density at radius 1 is 0.879 bits per heavy atom. The minimum atomic E-state index is -0.511. The summed E-state index contributed by atoms with van der Waals surface area (Å²) in [5.41, 5.74) is 2.88. The molecule has 1 saturated heterocycles. The van der Waals surface area contributed by atoms with Gasteiger partial charge in [-0.3, -0.25) is 9.59 Å². The molecule has 0 atom stereocenters. The molecular formula is C26H25F2N3O2. The highest BCUT2D eigenvalue weighted by atomic mass is 19.1. The van der Waals surface area contributed by atoms with Crippen molar-refractivity contribution in [2.75, 3.05) is 23.7 Å². The summed E-state index contributed by atoms with van der Waals surface area (Å²) >= 11 is 0. The van der Waals surface area contributed by atoms with Gasteiger partial charge < -0.3 is 15.5 Å². The molecule has 5 nitrogen and oxygen atoms in total. The fourth-order valence-corrected chi connectivity index (χ4v) is 3.93. The van der Waals surface area contributed by atoms with E-state index in [-0.39, 0.29) is 30.0 Å². The van der Waals surface area contributed by atoms with Gasteiger partial charge in [-0.15, -0.1) is 0 Å². The molecule has 3 aromatic carbocycles. The highest BCUT2D eigenvalue weighted by Crippen LogP contribution is 2.22. The topological polar surface area (TPSA) is 61.4 Å². The number of nitrogens with one attached hydrogen (secondary N) is 2. The van der Waals surface area contributed by atoms with E-state index in [1.165, 1.54) is 0 Å². The molecule has 0 aromatic heterocycles. The number of anilines is 2. The summed E-state index contributed by atoms with van der Waals surface area (Å²) in [6.07, 6.45) is 0.936. The van der Waals surface area contributed by atoms with E-state index in [9.17, 15) is 18.4 Å². The van der Waals surface area contributed by atoms with Crippen molar-refractivity contribution in [2.24, 2.45) is 0 Å². The molecule has 1 aliphatic heterocycles. The zero-order valence-electron chi connectivity index (χ0n) is 18.1. The third-order valence-corrected chi connectivity index (χ3v) is 5.72. The highest BCUT2D eigenvalue weighted by molar-refractivity contribution is 6.03. The Kier molecular flexibility index (Phi) is 6.98. The van der Waals surface area contributed by atoms with Crippen LogP contribution >= 0.6 is 0 Å². The maximum Gasteiger partial charge on any atom is 0.233 e. The minimum Gasteiger partial charge on any atom is -0.380 e. The maximum absolute atomic E-state index is 13.8. The van der Waals surface area contributed by atoms with Gasteiger partial charge in [0, 0.05) is 24.8 Å². The standard InChI is InChI=1S/C26H25F2N3O2/c27-20-8-11-23(28)24(16-20)29-22-12-14-31(15-13-22)26(33)17-25(32)30-21-9-6-19(7-10-21)18-4-2-1-3-5-18/h1-11,16,22,29H,12-15,17H2,(H,30,32). The van der Waals surface area contributed by atoms with Gasteiger partial charge in [0.15, 0.2) is 0 Å². The lowest BCUT2D eigenvalue weighted by Gasteiger charge is -2.33.